The number of benzene rings is 1. The summed E-state index contributed by atoms with van der Waals surface area (Å²) in [6.45, 7) is 4.35. The van der Waals surface area contributed by atoms with Crippen molar-refractivity contribution in [3.63, 3.8) is 0 Å². The Morgan fingerprint density at radius 1 is 1.33 bits per heavy atom. The summed E-state index contributed by atoms with van der Waals surface area (Å²) < 4.78 is 10.1. The number of methoxy groups -OCH3 is 1. The summed E-state index contributed by atoms with van der Waals surface area (Å²) >= 11 is 0. The quantitative estimate of drug-likeness (QED) is 0.713. The van der Waals surface area contributed by atoms with Gasteiger partial charge in [0.2, 0.25) is 0 Å². The van der Waals surface area contributed by atoms with Gasteiger partial charge in [0.25, 0.3) is 0 Å². The number of carbonyl (C=O) groups is 1. The molecule has 0 fully saturated rings. The highest BCUT2D eigenvalue weighted by molar-refractivity contribution is 5.90. The second-order valence-electron chi connectivity index (χ2n) is 3.51. The molecule has 0 unspecified atom stereocenters. The van der Waals surface area contributed by atoms with Crippen molar-refractivity contribution in [2.24, 2.45) is 0 Å². The summed E-state index contributed by atoms with van der Waals surface area (Å²) in [6.07, 6.45) is 0.149. The third-order valence-corrected chi connectivity index (χ3v) is 1.99. The fourth-order valence-electron chi connectivity index (χ4n) is 1.21. The number of hydrogen-bond acceptors (Lipinski definition) is 3. The zero-order valence-electron chi connectivity index (χ0n) is 9.32. The first-order valence-electron chi connectivity index (χ1n) is 4.93. The lowest BCUT2D eigenvalue weighted by Gasteiger charge is -2.10. The van der Waals surface area contributed by atoms with E-state index in [2.05, 4.69) is 4.74 Å². The molecule has 3 heteroatoms. The fourth-order valence-corrected chi connectivity index (χ4v) is 1.21. The molecule has 0 bridgehead atoms. The normalized spacial score (nSPS) is 10.4. The molecule has 0 aliphatic carbocycles. The van der Waals surface area contributed by atoms with Gasteiger partial charge in [-0.15, -0.1) is 0 Å². The first kappa shape index (κ1) is 11.7. The van der Waals surface area contributed by atoms with E-state index in [0.29, 0.717) is 12.2 Å². The monoisotopic (exact) mass is 208 g/mol. The second kappa shape index (κ2) is 5.51. The van der Waals surface area contributed by atoms with Gasteiger partial charge in [-0.25, -0.2) is 4.79 Å². The Morgan fingerprint density at radius 2 is 2.00 bits per heavy atom. The lowest BCUT2D eigenvalue weighted by Crippen LogP contribution is -2.09. The molecule has 15 heavy (non-hydrogen) atoms. The second-order valence-corrected chi connectivity index (χ2v) is 3.51. The third-order valence-electron chi connectivity index (χ3n) is 1.99. The molecule has 1 aromatic carbocycles. The molecule has 0 aliphatic rings. The van der Waals surface area contributed by atoms with Crippen molar-refractivity contribution in [3.05, 3.63) is 35.4 Å². The van der Waals surface area contributed by atoms with Crippen LogP contribution < -0.4 is 0 Å². The average molecular weight is 208 g/mol. The smallest absolute Gasteiger partial charge is 0.338 e. The van der Waals surface area contributed by atoms with E-state index < -0.39 is 0 Å². The van der Waals surface area contributed by atoms with Gasteiger partial charge in [0.1, 0.15) is 0 Å². The van der Waals surface area contributed by atoms with Crippen LogP contribution in [0.1, 0.15) is 29.8 Å². The maximum atomic E-state index is 11.4. The molecule has 0 amide bonds. The van der Waals surface area contributed by atoms with Gasteiger partial charge in [-0.2, -0.15) is 0 Å². The van der Waals surface area contributed by atoms with Crippen LogP contribution in [0.15, 0.2) is 24.3 Å². The molecule has 82 valence electrons. The number of esters is 1. The summed E-state index contributed by atoms with van der Waals surface area (Å²) in [5.41, 5.74) is 1.43. The van der Waals surface area contributed by atoms with Crippen LogP contribution in [0.25, 0.3) is 0 Å². The standard InChI is InChI=1S/C12H16O3/c1-9(2)15-8-10-6-4-5-7-11(10)12(13)14-3/h4-7,9H,8H2,1-3H3. The Morgan fingerprint density at radius 3 is 2.60 bits per heavy atom. The molecule has 0 aliphatic heterocycles. The van der Waals surface area contributed by atoms with Crippen molar-refractivity contribution in [1.29, 1.82) is 0 Å². The van der Waals surface area contributed by atoms with Gasteiger partial charge in [-0.3, -0.25) is 0 Å². The Balaban J connectivity index is 2.81. The van der Waals surface area contributed by atoms with E-state index in [1.165, 1.54) is 7.11 Å². The van der Waals surface area contributed by atoms with Crippen molar-refractivity contribution in [2.45, 2.75) is 26.6 Å². The SMILES string of the molecule is COC(=O)c1ccccc1COC(C)C. The van der Waals surface area contributed by atoms with E-state index in [4.69, 9.17) is 4.74 Å². The van der Waals surface area contributed by atoms with Crippen LogP contribution in [0.3, 0.4) is 0 Å². The van der Waals surface area contributed by atoms with Crippen LogP contribution in [0, 0.1) is 0 Å². The molecular formula is C12H16O3. The van der Waals surface area contributed by atoms with Crippen LogP contribution in [-0.4, -0.2) is 19.2 Å². The van der Waals surface area contributed by atoms with Crippen LogP contribution in [0.5, 0.6) is 0 Å². The molecule has 0 saturated heterocycles. The van der Waals surface area contributed by atoms with Gasteiger partial charge in [-0.1, -0.05) is 18.2 Å². The molecule has 0 N–H and O–H groups in total. The first-order chi connectivity index (χ1) is 7.15. The Hall–Kier alpha value is -1.35. The van der Waals surface area contributed by atoms with Crippen molar-refractivity contribution >= 4 is 5.97 Å². The molecule has 0 atom stereocenters. The van der Waals surface area contributed by atoms with Gasteiger partial charge in [0.15, 0.2) is 0 Å². The van der Waals surface area contributed by atoms with Crippen LogP contribution >= 0.6 is 0 Å². The highest BCUT2D eigenvalue weighted by Crippen LogP contribution is 2.12. The summed E-state index contributed by atoms with van der Waals surface area (Å²) in [4.78, 5) is 11.4. The zero-order chi connectivity index (χ0) is 11.3. The van der Waals surface area contributed by atoms with Crippen molar-refractivity contribution in [1.82, 2.24) is 0 Å². The molecule has 3 nitrogen and oxygen atoms in total. The minimum absolute atomic E-state index is 0.149. The number of ether oxygens (including phenoxy) is 2. The van der Waals surface area contributed by atoms with Crippen molar-refractivity contribution in [2.75, 3.05) is 7.11 Å². The van der Waals surface area contributed by atoms with E-state index in [1.54, 1.807) is 6.07 Å². The number of rotatable bonds is 4. The highest BCUT2D eigenvalue weighted by atomic mass is 16.5. The van der Waals surface area contributed by atoms with E-state index in [0.717, 1.165) is 5.56 Å². The lowest BCUT2D eigenvalue weighted by molar-refractivity contribution is 0.0554. The minimum Gasteiger partial charge on any atom is -0.465 e. The fraction of sp³-hybridized carbons (Fsp3) is 0.417. The molecule has 0 aromatic heterocycles. The van der Waals surface area contributed by atoms with Gasteiger partial charge < -0.3 is 9.47 Å². The predicted molar refractivity (Wildman–Crippen MR) is 57.7 cm³/mol. The van der Waals surface area contributed by atoms with Gasteiger partial charge in [0, 0.05) is 0 Å². The van der Waals surface area contributed by atoms with Gasteiger partial charge in [-0.05, 0) is 25.5 Å². The van der Waals surface area contributed by atoms with Crippen LogP contribution in [-0.2, 0) is 16.1 Å². The predicted octanol–water partition coefficient (Wildman–Crippen LogP) is 2.40. The van der Waals surface area contributed by atoms with E-state index in [-0.39, 0.29) is 12.1 Å². The van der Waals surface area contributed by atoms with Crippen LogP contribution in [0.4, 0.5) is 0 Å². The molecule has 1 rings (SSSR count). The summed E-state index contributed by atoms with van der Waals surface area (Å²) in [5, 5.41) is 0. The number of carbonyl (C=O) groups excluding carboxylic acids is 1. The molecule has 0 saturated carbocycles. The van der Waals surface area contributed by atoms with E-state index >= 15 is 0 Å². The molecule has 1 aromatic rings. The summed E-state index contributed by atoms with van der Waals surface area (Å²) in [5.74, 6) is -0.321. The van der Waals surface area contributed by atoms with E-state index in [9.17, 15) is 4.79 Å². The average Bonchev–Trinajstić information content (AvgIpc) is 2.25. The Labute approximate surface area is 90.0 Å². The van der Waals surface area contributed by atoms with Crippen molar-refractivity contribution < 1.29 is 14.3 Å². The minimum atomic E-state index is -0.321. The highest BCUT2D eigenvalue weighted by Gasteiger charge is 2.10. The summed E-state index contributed by atoms with van der Waals surface area (Å²) in [6, 6.07) is 7.30. The first-order valence-corrected chi connectivity index (χ1v) is 4.93. The Bertz CT molecular complexity index is 331. The molecule has 0 spiro atoms. The topological polar surface area (TPSA) is 35.5 Å². The molecule has 0 heterocycles. The zero-order valence-corrected chi connectivity index (χ0v) is 9.32. The maximum absolute atomic E-state index is 11.4. The largest absolute Gasteiger partial charge is 0.465 e. The van der Waals surface area contributed by atoms with Crippen LogP contribution in [0.2, 0.25) is 0 Å². The number of hydrogen-bond donors (Lipinski definition) is 0. The van der Waals surface area contributed by atoms with Gasteiger partial charge in [0.05, 0.1) is 25.4 Å². The van der Waals surface area contributed by atoms with Crippen molar-refractivity contribution in [3.8, 4) is 0 Å². The molecule has 0 radical (unpaired) electrons. The maximum Gasteiger partial charge on any atom is 0.338 e. The summed E-state index contributed by atoms with van der Waals surface area (Å²) in [7, 11) is 1.38. The Kier molecular flexibility index (Phi) is 4.31. The van der Waals surface area contributed by atoms with E-state index in [1.807, 2.05) is 32.0 Å². The third kappa shape index (κ3) is 3.36. The molecular weight excluding hydrogens is 192 g/mol. The lowest BCUT2D eigenvalue weighted by atomic mass is 10.1. The van der Waals surface area contributed by atoms with Gasteiger partial charge >= 0.3 is 5.97 Å².